The van der Waals surface area contributed by atoms with Crippen LogP contribution in [0.3, 0.4) is 0 Å². The zero-order valence-corrected chi connectivity index (χ0v) is 15.0. The lowest BCUT2D eigenvalue weighted by Gasteiger charge is -2.49. The van der Waals surface area contributed by atoms with Crippen LogP contribution in [0.2, 0.25) is 0 Å². The van der Waals surface area contributed by atoms with E-state index in [9.17, 15) is 8.42 Å². The molecule has 0 aromatic heterocycles. The van der Waals surface area contributed by atoms with Crippen molar-refractivity contribution in [3.05, 3.63) is 0 Å². The van der Waals surface area contributed by atoms with E-state index in [1.165, 1.54) is 6.42 Å². The standard InChI is InChI=1S/C14H28ClN3O2S/c1-16(2)14(7-5-8-14)12-17(3)21(19,20)18-9-4-6-13(10-15)11-18/h13H,4-12H2,1-3H3. The third-order valence-electron chi connectivity index (χ3n) is 5.17. The molecule has 1 heterocycles. The van der Waals surface area contributed by atoms with Gasteiger partial charge in [-0.25, -0.2) is 0 Å². The summed E-state index contributed by atoms with van der Waals surface area (Å²) in [5, 5.41) is 0. The van der Waals surface area contributed by atoms with Crippen LogP contribution in [0.15, 0.2) is 0 Å². The highest BCUT2D eigenvalue weighted by molar-refractivity contribution is 7.86. The lowest BCUT2D eigenvalue weighted by atomic mass is 9.75. The molecule has 1 atom stereocenters. The van der Waals surface area contributed by atoms with E-state index in [0.29, 0.717) is 25.5 Å². The van der Waals surface area contributed by atoms with Crippen molar-refractivity contribution in [1.82, 2.24) is 13.5 Å². The zero-order valence-electron chi connectivity index (χ0n) is 13.4. The third kappa shape index (κ3) is 3.55. The predicted octanol–water partition coefficient (Wildman–Crippen LogP) is 1.60. The molecule has 2 fully saturated rings. The first-order valence-electron chi connectivity index (χ1n) is 7.77. The van der Waals surface area contributed by atoms with Crippen LogP contribution in [0.5, 0.6) is 0 Å². The van der Waals surface area contributed by atoms with E-state index >= 15 is 0 Å². The molecule has 1 saturated heterocycles. The van der Waals surface area contributed by atoms with Crippen LogP contribution < -0.4 is 0 Å². The molecule has 2 rings (SSSR count). The van der Waals surface area contributed by atoms with Crippen LogP contribution in [0.25, 0.3) is 0 Å². The van der Waals surface area contributed by atoms with Gasteiger partial charge in [-0.1, -0.05) is 0 Å². The maximum Gasteiger partial charge on any atom is 0.281 e. The molecular formula is C14H28ClN3O2S. The average Bonchev–Trinajstić information content (AvgIpc) is 2.42. The minimum absolute atomic E-state index is 0.0174. The molecule has 0 bridgehead atoms. The normalized spacial score (nSPS) is 27.0. The molecule has 1 unspecified atom stereocenters. The number of halogens is 1. The molecule has 124 valence electrons. The summed E-state index contributed by atoms with van der Waals surface area (Å²) in [5.41, 5.74) is 0.0174. The minimum atomic E-state index is -3.37. The molecule has 1 aliphatic carbocycles. The monoisotopic (exact) mass is 337 g/mol. The van der Waals surface area contributed by atoms with Crippen LogP contribution in [0.1, 0.15) is 32.1 Å². The van der Waals surface area contributed by atoms with Crippen molar-refractivity contribution in [2.45, 2.75) is 37.6 Å². The van der Waals surface area contributed by atoms with Crippen molar-refractivity contribution >= 4 is 21.8 Å². The van der Waals surface area contributed by atoms with Gasteiger partial charge in [-0.2, -0.15) is 17.0 Å². The maximum absolute atomic E-state index is 12.8. The second-order valence-corrected chi connectivity index (χ2v) is 9.10. The Bertz CT molecular complexity index is 451. The third-order valence-corrected chi connectivity index (χ3v) is 7.51. The van der Waals surface area contributed by atoms with Gasteiger partial charge in [0.1, 0.15) is 0 Å². The lowest BCUT2D eigenvalue weighted by molar-refractivity contribution is 0.0439. The van der Waals surface area contributed by atoms with E-state index in [1.54, 1.807) is 15.7 Å². The largest absolute Gasteiger partial charge is 0.302 e. The van der Waals surface area contributed by atoms with E-state index in [0.717, 1.165) is 25.7 Å². The summed E-state index contributed by atoms with van der Waals surface area (Å²) in [6.07, 6.45) is 5.27. The van der Waals surface area contributed by atoms with Crippen molar-refractivity contribution in [2.24, 2.45) is 5.92 Å². The molecule has 5 nitrogen and oxygen atoms in total. The van der Waals surface area contributed by atoms with Gasteiger partial charge in [0.2, 0.25) is 0 Å². The Morgan fingerprint density at radius 3 is 2.38 bits per heavy atom. The van der Waals surface area contributed by atoms with Gasteiger partial charge in [-0.3, -0.25) is 0 Å². The molecule has 21 heavy (non-hydrogen) atoms. The summed E-state index contributed by atoms with van der Waals surface area (Å²) in [5.74, 6) is 0.826. The fourth-order valence-corrected chi connectivity index (χ4v) is 5.20. The molecule has 2 aliphatic rings. The number of rotatable bonds is 6. The molecular weight excluding hydrogens is 310 g/mol. The van der Waals surface area contributed by atoms with Gasteiger partial charge in [0.15, 0.2) is 0 Å². The van der Waals surface area contributed by atoms with Crippen LogP contribution >= 0.6 is 11.6 Å². The van der Waals surface area contributed by atoms with Gasteiger partial charge in [0, 0.05) is 38.1 Å². The molecule has 1 aliphatic heterocycles. The van der Waals surface area contributed by atoms with Crippen molar-refractivity contribution < 1.29 is 8.42 Å². The Hall–Kier alpha value is 0.120. The van der Waals surface area contributed by atoms with Crippen molar-refractivity contribution in [1.29, 1.82) is 0 Å². The Morgan fingerprint density at radius 1 is 1.24 bits per heavy atom. The van der Waals surface area contributed by atoms with Crippen LogP contribution in [-0.4, -0.2) is 74.1 Å². The van der Waals surface area contributed by atoms with Gasteiger partial charge in [-0.05, 0) is 52.1 Å². The number of piperidine rings is 1. The summed E-state index contributed by atoms with van der Waals surface area (Å²) >= 11 is 5.91. The number of alkyl halides is 1. The van der Waals surface area contributed by atoms with Crippen molar-refractivity contribution in [3.63, 3.8) is 0 Å². The number of hydrogen-bond donors (Lipinski definition) is 0. The van der Waals surface area contributed by atoms with Crippen LogP contribution in [0, 0.1) is 5.92 Å². The summed E-state index contributed by atoms with van der Waals surface area (Å²) in [6.45, 7) is 1.75. The van der Waals surface area contributed by atoms with Gasteiger partial charge < -0.3 is 4.90 Å². The van der Waals surface area contributed by atoms with Crippen LogP contribution in [-0.2, 0) is 10.2 Å². The predicted molar refractivity (Wildman–Crippen MR) is 86.8 cm³/mol. The van der Waals surface area contributed by atoms with E-state index in [-0.39, 0.29) is 11.5 Å². The van der Waals surface area contributed by atoms with Gasteiger partial charge in [-0.15, -0.1) is 11.6 Å². The Balaban J connectivity index is 2.04. The van der Waals surface area contributed by atoms with Crippen molar-refractivity contribution in [3.8, 4) is 0 Å². The molecule has 0 radical (unpaired) electrons. The van der Waals surface area contributed by atoms with Gasteiger partial charge in [0.05, 0.1) is 0 Å². The SMILES string of the molecule is CN(C)C1(CN(C)S(=O)(=O)N2CCCC(CCl)C2)CCC1. The second-order valence-electron chi connectivity index (χ2n) is 6.76. The molecule has 0 aromatic carbocycles. The fraction of sp³-hybridized carbons (Fsp3) is 1.00. The number of likely N-dealkylation sites (N-methyl/N-ethyl adjacent to an activating group) is 2. The highest BCUT2D eigenvalue weighted by atomic mass is 35.5. The zero-order chi connectivity index (χ0) is 15.7. The Morgan fingerprint density at radius 2 is 1.90 bits per heavy atom. The highest BCUT2D eigenvalue weighted by Crippen LogP contribution is 2.37. The van der Waals surface area contributed by atoms with E-state index < -0.39 is 10.2 Å². The second kappa shape index (κ2) is 6.71. The fourth-order valence-electron chi connectivity index (χ4n) is 3.39. The van der Waals surface area contributed by atoms with E-state index in [2.05, 4.69) is 4.90 Å². The van der Waals surface area contributed by atoms with E-state index in [4.69, 9.17) is 11.6 Å². The Kier molecular flexibility index (Phi) is 5.58. The summed E-state index contributed by atoms with van der Waals surface area (Å²) in [6, 6.07) is 0. The van der Waals surface area contributed by atoms with Gasteiger partial charge in [0.25, 0.3) is 10.2 Å². The highest BCUT2D eigenvalue weighted by Gasteiger charge is 2.43. The summed E-state index contributed by atoms with van der Waals surface area (Å²) in [7, 11) is 2.44. The first-order chi connectivity index (χ1) is 9.82. The maximum atomic E-state index is 12.8. The average molecular weight is 338 g/mol. The molecule has 1 saturated carbocycles. The van der Waals surface area contributed by atoms with Crippen molar-refractivity contribution in [2.75, 3.05) is 46.7 Å². The first-order valence-corrected chi connectivity index (χ1v) is 9.70. The first kappa shape index (κ1) is 17.5. The summed E-state index contributed by atoms with van der Waals surface area (Å²) in [4.78, 5) is 2.18. The molecule has 7 heteroatoms. The Labute approximate surface area is 134 Å². The van der Waals surface area contributed by atoms with E-state index in [1.807, 2.05) is 14.1 Å². The molecule has 0 spiro atoms. The topological polar surface area (TPSA) is 43.9 Å². The van der Waals surface area contributed by atoms with Crippen LogP contribution in [0.4, 0.5) is 0 Å². The smallest absolute Gasteiger partial charge is 0.281 e. The number of hydrogen-bond acceptors (Lipinski definition) is 3. The summed E-state index contributed by atoms with van der Waals surface area (Å²) < 4.78 is 28.7. The lowest BCUT2D eigenvalue weighted by Crippen LogP contribution is -2.59. The quantitative estimate of drug-likeness (QED) is 0.691. The molecule has 0 aromatic rings. The molecule has 0 amide bonds. The number of nitrogens with zero attached hydrogens (tertiary/aromatic N) is 3. The minimum Gasteiger partial charge on any atom is -0.302 e. The van der Waals surface area contributed by atoms with Gasteiger partial charge >= 0.3 is 0 Å². The molecule has 0 N–H and O–H groups in total.